The van der Waals surface area contributed by atoms with Crippen LogP contribution in [-0.2, 0) is 25.1 Å². The predicted molar refractivity (Wildman–Crippen MR) is 133 cm³/mol. The highest BCUT2D eigenvalue weighted by atomic mass is 31.2. The Morgan fingerprint density at radius 3 is 1.36 bits per heavy atom. The van der Waals surface area contributed by atoms with E-state index in [-0.39, 0.29) is 32.1 Å². The summed E-state index contributed by atoms with van der Waals surface area (Å²) in [5.74, 6) is -3.05. The Morgan fingerprint density at radius 2 is 1.03 bits per heavy atom. The minimum atomic E-state index is -3.61. The summed E-state index contributed by atoms with van der Waals surface area (Å²) in [6, 6.07) is 7.40. The highest BCUT2D eigenvalue weighted by Crippen LogP contribution is 2.45. The second kappa shape index (κ2) is 14.4. The van der Waals surface area contributed by atoms with Crippen LogP contribution in [-0.4, -0.2) is 136 Å². The first-order valence-electron chi connectivity index (χ1n) is 11.8. The van der Waals surface area contributed by atoms with Crippen LogP contribution in [0.1, 0.15) is 11.1 Å². The van der Waals surface area contributed by atoms with Crippen LogP contribution in [0.25, 0.3) is 0 Å². The van der Waals surface area contributed by atoms with Gasteiger partial charge in [0.25, 0.3) is 0 Å². The molecule has 1 aliphatic rings. The van der Waals surface area contributed by atoms with E-state index in [2.05, 4.69) is 0 Å². The molecule has 1 unspecified atom stereocenters. The third-order valence-electron chi connectivity index (χ3n) is 5.98. The molecule has 1 aromatic rings. The van der Waals surface area contributed by atoms with Crippen molar-refractivity contribution in [3.63, 3.8) is 0 Å². The number of carbonyl (C=O) groups is 3. The van der Waals surface area contributed by atoms with Gasteiger partial charge in [-0.3, -0.25) is 38.5 Å². The lowest BCUT2D eigenvalue weighted by atomic mass is 10.2. The van der Waals surface area contributed by atoms with E-state index in [0.29, 0.717) is 52.4 Å². The van der Waals surface area contributed by atoms with Crippen molar-refractivity contribution in [1.82, 2.24) is 19.6 Å². The normalized spacial score (nSPS) is 19.6. The summed E-state index contributed by atoms with van der Waals surface area (Å²) < 4.78 is 13.1. The maximum absolute atomic E-state index is 13.1. The molecule has 36 heavy (non-hydrogen) atoms. The first-order valence-corrected chi connectivity index (χ1v) is 13.9. The fourth-order valence-corrected chi connectivity index (χ4v) is 5.90. The average molecular weight is 529 g/mol. The van der Waals surface area contributed by atoms with Crippen LogP contribution in [0.2, 0.25) is 0 Å². The largest absolute Gasteiger partial charge is 0.480 e. The number of rotatable bonds is 10. The van der Waals surface area contributed by atoms with Gasteiger partial charge in [0.1, 0.15) is 0 Å². The lowest BCUT2D eigenvalue weighted by Gasteiger charge is -2.33. The van der Waals surface area contributed by atoms with Crippen molar-refractivity contribution in [2.45, 2.75) is 13.1 Å². The molecule has 1 heterocycles. The van der Waals surface area contributed by atoms with Crippen molar-refractivity contribution in [1.29, 1.82) is 0 Å². The fourth-order valence-electron chi connectivity index (χ4n) is 4.11. The molecular weight excluding hydrogens is 491 g/mol. The molecule has 1 saturated heterocycles. The van der Waals surface area contributed by atoms with Gasteiger partial charge in [-0.2, -0.15) is 0 Å². The van der Waals surface area contributed by atoms with E-state index in [1.54, 1.807) is 19.6 Å². The molecule has 13 heteroatoms. The lowest BCUT2D eigenvalue weighted by molar-refractivity contribution is -0.140. The maximum Gasteiger partial charge on any atom is 0.317 e. The van der Waals surface area contributed by atoms with E-state index in [1.807, 2.05) is 31.2 Å². The molecule has 0 amide bonds. The maximum atomic E-state index is 13.1. The zero-order valence-corrected chi connectivity index (χ0v) is 21.6. The van der Waals surface area contributed by atoms with Gasteiger partial charge in [-0.05, 0) is 12.5 Å². The number of carboxylic acids is 3. The van der Waals surface area contributed by atoms with Gasteiger partial charge in [-0.1, -0.05) is 29.8 Å². The van der Waals surface area contributed by atoms with E-state index in [4.69, 9.17) is 0 Å². The van der Waals surface area contributed by atoms with Crippen LogP contribution in [0.4, 0.5) is 0 Å². The molecule has 0 bridgehead atoms. The van der Waals surface area contributed by atoms with Gasteiger partial charge in [0.2, 0.25) is 7.37 Å². The summed E-state index contributed by atoms with van der Waals surface area (Å²) >= 11 is 0. The quantitative estimate of drug-likeness (QED) is 0.306. The molecule has 202 valence electrons. The number of hydrogen-bond acceptors (Lipinski definition) is 8. The SMILES string of the molecule is Cc1ccc(CP(=O)(O)CN2CCN(CC(=O)O)CCN(CC(=O)O)CCN(CC(=O)O)CC2)cc1. The Kier molecular flexibility index (Phi) is 12.0. The van der Waals surface area contributed by atoms with Crippen molar-refractivity contribution in [3.8, 4) is 0 Å². The number of carboxylic acid groups (broad SMARTS) is 3. The van der Waals surface area contributed by atoms with Crippen LogP contribution in [0.3, 0.4) is 0 Å². The summed E-state index contributed by atoms with van der Waals surface area (Å²) in [5.41, 5.74) is 1.80. The molecule has 0 radical (unpaired) electrons. The second-order valence-electron chi connectivity index (χ2n) is 9.26. The Morgan fingerprint density at radius 1 is 0.694 bits per heavy atom. The summed E-state index contributed by atoms with van der Waals surface area (Å²) in [6.45, 7) is 3.65. The lowest BCUT2D eigenvalue weighted by Crippen LogP contribution is -2.48. The number of benzene rings is 1. The predicted octanol–water partition coefficient (Wildman–Crippen LogP) is 0.198. The second-order valence-corrected chi connectivity index (χ2v) is 11.6. The zero-order chi connectivity index (χ0) is 26.7. The van der Waals surface area contributed by atoms with Gasteiger partial charge in [0.05, 0.1) is 32.1 Å². The van der Waals surface area contributed by atoms with Crippen LogP contribution in [0.5, 0.6) is 0 Å². The smallest absolute Gasteiger partial charge is 0.317 e. The van der Waals surface area contributed by atoms with Crippen molar-refractivity contribution >= 4 is 25.3 Å². The summed E-state index contributed by atoms with van der Waals surface area (Å²) in [6.07, 6.45) is -0.0978. The first kappa shape index (κ1) is 29.9. The summed E-state index contributed by atoms with van der Waals surface area (Å²) in [4.78, 5) is 51.6. The van der Waals surface area contributed by atoms with Crippen LogP contribution in [0, 0.1) is 6.92 Å². The molecule has 1 aliphatic heterocycles. The molecule has 0 saturated carbocycles. The van der Waals surface area contributed by atoms with E-state index in [0.717, 1.165) is 11.1 Å². The molecule has 0 aromatic heterocycles. The molecule has 2 rings (SSSR count). The molecule has 1 aromatic carbocycles. The van der Waals surface area contributed by atoms with E-state index < -0.39 is 25.3 Å². The third-order valence-corrected chi connectivity index (χ3v) is 7.68. The third kappa shape index (κ3) is 12.1. The highest BCUT2D eigenvalue weighted by Gasteiger charge is 2.25. The molecule has 1 fully saturated rings. The summed E-state index contributed by atoms with van der Waals surface area (Å²) in [5, 5.41) is 27.8. The Bertz CT molecular complexity index is 897. The molecule has 4 N–H and O–H groups in total. The molecule has 1 atom stereocenters. The number of aliphatic carboxylic acids is 3. The van der Waals surface area contributed by atoms with Crippen LogP contribution in [0.15, 0.2) is 24.3 Å². The van der Waals surface area contributed by atoms with Gasteiger partial charge < -0.3 is 20.2 Å². The van der Waals surface area contributed by atoms with E-state index >= 15 is 0 Å². The van der Waals surface area contributed by atoms with Gasteiger partial charge in [-0.25, -0.2) is 0 Å². The molecule has 0 aliphatic carbocycles. The van der Waals surface area contributed by atoms with E-state index in [1.165, 1.54) is 0 Å². The zero-order valence-electron chi connectivity index (χ0n) is 20.7. The standard InChI is InChI=1S/C23H37N4O8P/c1-19-2-4-20(5-3-19)17-36(34,35)18-27-12-10-25(15-22(30)31)8-6-24(14-21(28)29)7-9-26(11-13-27)16-23(32)33/h2-5H,6-18H2,1H3,(H,28,29)(H,30,31)(H,32,33)(H,34,35). The van der Waals surface area contributed by atoms with Crippen molar-refractivity contribution in [2.75, 3.05) is 78.3 Å². The number of aryl methyl sites for hydroxylation is 1. The Balaban J connectivity index is 2.17. The number of nitrogens with zero attached hydrogens (tertiary/aromatic N) is 4. The van der Waals surface area contributed by atoms with Crippen molar-refractivity contribution < 1.29 is 39.2 Å². The van der Waals surface area contributed by atoms with Crippen molar-refractivity contribution in [2.24, 2.45) is 0 Å². The minimum Gasteiger partial charge on any atom is -0.480 e. The Hall–Kier alpha value is -2.34. The topological polar surface area (TPSA) is 162 Å². The highest BCUT2D eigenvalue weighted by molar-refractivity contribution is 7.57. The van der Waals surface area contributed by atoms with Gasteiger partial charge in [0.15, 0.2) is 0 Å². The molecule has 12 nitrogen and oxygen atoms in total. The van der Waals surface area contributed by atoms with Gasteiger partial charge >= 0.3 is 17.9 Å². The fraction of sp³-hybridized carbons (Fsp3) is 0.609. The van der Waals surface area contributed by atoms with Crippen LogP contribution < -0.4 is 0 Å². The van der Waals surface area contributed by atoms with Crippen molar-refractivity contribution in [3.05, 3.63) is 35.4 Å². The monoisotopic (exact) mass is 528 g/mol. The van der Waals surface area contributed by atoms with E-state index in [9.17, 15) is 39.2 Å². The minimum absolute atomic E-state index is 0.00556. The first-order chi connectivity index (χ1) is 16.9. The van der Waals surface area contributed by atoms with Crippen LogP contribution >= 0.6 is 7.37 Å². The van der Waals surface area contributed by atoms with Gasteiger partial charge in [-0.15, -0.1) is 0 Å². The molecular formula is C23H37N4O8P. The molecule has 0 spiro atoms. The average Bonchev–Trinajstić information content (AvgIpc) is 2.76. The Labute approximate surface area is 211 Å². The summed E-state index contributed by atoms with van der Waals surface area (Å²) in [7, 11) is -3.61. The van der Waals surface area contributed by atoms with Gasteiger partial charge in [0, 0.05) is 52.4 Å². The number of hydrogen-bond donors (Lipinski definition) is 4.